The van der Waals surface area contributed by atoms with Crippen LogP contribution in [0.2, 0.25) is 0 Å². The topological polar surface area (TPSA) is 41.4 Å². The number of aromatic nitrogens is 2. The second-order valence-corrected chi connectivity index (χ2v) is 6.54. The lowest BCUT2D eigenvalue weighted by molar-refractivity contribution is -0.129. The van der Waals surface area contributed by atoms with Gasteiger partial charge in [0.2, 0.25) is 5.91 Å². The van der Waals surface area contributed by atoms with Gasteiger partial charge in [-0.3, -0.25) is 9.69 Å². The second kappa shape index (κ2) is 4.58. The number of carbonyl (C=O) groups excluding carboxylic acids is 1. The quantitative estimate of drug-likeness (QED) is 0.822. The largest absolute Gasteiger partial charge is 0.338 e. The molecule has 0 unspecified atom stereocenters. The number of hydrogen-bond donors (Lipinski definition) is 0. The summed E-state index contributed by atoms with van der Waals surface area (Å²) in [5, 5.41) is 0. The third kappa shape index (κ3) is 2.04. The molecule has 0 bridgehead atoms. The average Bonchev–Trinajstić information content (AvgIpc) is 2.93. The lowest BCUT2D eigenvalue weighted by Crippen LogP contribution is -2.38. The average molecular weight is 274 g/mol. The first-order valence-corrected chi connectivity index (χ1v) is 7.72. The summed E-state index contributed by atoms with van der Waals surface area (Å²) in [6.45, 7) is 2.97. The number of likely N-dealkylation sites (tertiary alicyclic amines) is 2. The van der Waals surface area contributed by atoms with Gasteiger partial charge in [-0.05, 0) is 25.2 Å². The Bertz CT molecular complexity index is 522. The Balaban J connectivity index is 1.46. The SMILES string of the molecule is Cn1ccnc1CN1CC[C@@H]2[C@@H]1CC(=O)N2CC1CC1. The lowest BCUT2D eigenvalue weighted by Gasteiger charge is -2.25. The highest BCUT2D eigenvalue weighted by atomic mass is 16.2. The zero-order valence-corrected chi connectivity index (χ0v) is 12.0. The molecule has 0 radical (unpaired) electrons. The maximum absolute atomic E-state index is 12.2. The van der Waals surface area contributed by atoms with Gasteiger partial charge in [0.1, 0.15) is 5.82 Å². The molecule has 3 heterocycles. The molecule has 0 spiro atoms. The standard InChI is InChI=1S/C15H22N4O/c1-17-7-5-16-14(17)10-18-6-4-12-13(18)8-15(20)19(12)9-11-2-3-11/h5,7,11-13H,2-4,6,8-10H2,1H3/t12-,13+/m1/s1. The maximum atomic E-state index is 12.2. The highest BCUT2D eigenvalue weighted by Crippen LogP contribution is 2.37. The number of aryl methyl sites for hydroxylation is 1. The fourth-order valence-corrected chi connectivity index (χ4v) is 3.75. The van der Waals surface area contributed by atoms with E-state index in [0.717, 1.165) is 37.8 Å². The van der Waals surface area contributed by atoms with Crippen LogP contribution in [0.1, 0.15) is 31.5 Å². The van der Waals surface area contributed by atoms with E-state index in [9.17, 15) is 4.79 Å². The van der Waals surface area contributed by atoms with E-state index in [1.165, 1.54) is 12.8 Å². The molecule has 1 aromatic rings. The fourth-order valence-electron chi connectivity index (χ4n) is 3.75. The van der Waals surface area contributed by atoms with Crippen LogP contribution in [0.15, 0.2) is 12.4 Å². The van der Waals surface area contributed by atoms with Crippen molar-refractivity contribution in [1.82, 2.24) is 19.4 Å². The molecule has 0 N–H and O–H groups in total. The third-order valence-electron chi connectivity index (χ3n) is 5.15. The highest BCUT2D eigenvalue weighted by molar-refractivity contribution is 5.80. The van der Waals surface area contributed by atoms with Gasteiger partial charge in [0, 0.05) is 51.0 Å². The van der Waals surface area contributed by atoms with Gasteiger partial charge in [-0.1, -0.05) is 0 Å². The first kappa shape index (κ1) is 12.4. The van der Waals surface area contributed by atoms with Crippen LogP contribution in [0, 0.1) is 5.92 Å². The number of amides is 1. The van der Waals surface area contributed by atoms with Gasteiger partial charge in [-0.15, -0.1) is 0 Å². The van der Waals surface area contributed by atoms with Crippen molar-refractivity contribution in [3.8, 4) is 0 Å². The lowest BCUT2D eigenvalue weighted by atomic mass is 10.1. The van der Waals surface area contributed by atoms with Gasteiger partial charge >= 0.3 is 0 Å². The Kier molecular flexibility index (Phi) is 2.84. The molecule has 1 saturated carbocycles. The van der Waals surface area contributed by atoms with E-state index in [2.05, 4.69) is 19.4 Å². The molecule has 1 amide bonds. The summed E-state index contributed by atoms with van der Waals surface area (Å²) in [6, 6.07) is 0.876. The number of hydrogen-bond acceptors (Lipinski definition) is 3. The molecule has 108 valence electrons. The monoisotopic (exact) mass is 274 g/mol. The number of nitrogens with zero attached hydrogens (tertiary/aromatic N) is 4. The smallest absolute Gasteiger partial charge is 0.224 e. The Morgan fingerprint density at radius 2 is 2.15 bits per heavy atom. The number of rotatable bonds is 4. The molecule has 5 heteroatoms. The van der Waals surface area contributed by atoms with E-state index in [4.69, 9.17) is 0 Å². The van der Waals surface area contributed by atoms with Crippen molar-refractivity contribution in [2.45, 2.75) is 44.3 Å². The van der Waals surface area contributed by atoms with Crippen LogP contribution >= 0.6 is 0 Å². The predicted octanol–water partition coefficient (Wildman–Crippen LogP) is 1.01. The van der Waals surface area contributed by atoms with E-state index in [1.54, 1.807) is 0 Å². The summed E-state index contributed by atoms with van der Waals surface area (Å²) in [4.78, 5) is 21.3. The fraction of sp³-hybridized carbons (Fsp3) is 0.733. The van der Waals surface area contributed by atoms with Crippen LogP contribution in [0.4, 0.5) is 0 Å². The minimum absolute atomic E-state index is 0.372. The molecular weight excluding hydrogens is 252 g/mol. The summed E-state index contributed by atoms with van der Waals surface area (Å²) in [5.41, 5.74) is 0. The molecule has 4 rings (SSSR count). The normalized spacial score (nSPS) is 30.2. The summed E-state index contributed by atoms with van der Waals surface area (Å²) >= 11 is 0. The zero-order chi connectivity index (χ0) is 13.7. The predicted molar refractivity (Wildman–Crippen MR) is 74.9 cm³/mol. The van der Waals surface area contributed by atoms with E-state index in [1.807, 2.05) is 19.4 Å². The molecule has 2 aliphatic heterocycles. The molecule has 5 nitrogen and oxygen atoms in total. The second-order valence-electron chi connectivity index (χ2n) is 6.54. The van der Waals surface area contributed by atoms with Crippen molar-refractivity contribution < 1.29 is 4.79 Å². The van der Waals surface area contributed by atoms with Gasteiger partial charge in [-0.25, -0.2) is 4.98 Å². The number of imidazole rings is 1. The van der Waals surface area contributed by atoms with Gasteiger partial charge in [0.15, 0.2) is 0 Å². The van der Waals surface area contributed by atoms with Crippen molar-refractivity contribution in [3.63, 3.8) is 0 Å². The molecule has 3 aliphatic rings. The van der Waals surface area contributed by atoms with Crippen molar-refractivity contribution in [1.29, 1.82) is 0 Å². The summed E-state index contributed by atoms with van der Waals surface area (Å²) in [6.07, 6.45) is 8.32. The van der Waals surface area contributed by atoms with E-state index >= 15 is 0 Å². The molecule has 1 aliphatic carbocycles. The van der Waals surface area contributed by atoms with E-state index < -0.39 is 0 Å². The molecule has 20 heavy (non-hydrogen) atoms. The third-order valence-corrected chi connectivity index (χ3v) is 5.15. The Morgan fingerprint density at radius 3 is 2.85 bits per heavy atom. The maximum Gasteiger partial charge on any atom is 0.224 e. The van der Waals surface area contributed by atoms with Gasteiger partial charge in [0.05, 0.1) is 6.54 Å². The van der Waals surface area contributed by atoms with Crippen molar-refractivity contribution in [3.05, 3.63) is 18.2 Å². The summed E-state index contributed by atoms with van der Waals surface area (Å²) in [5.74, 6) is 2.26. The molecule has 2 saturated heterocycles. The first-order chi connectivity index (χ1) is 9.72. The molecule has 2 atom stereocenters. The molecule has 1 aromatic heterocycles. The summed E-state index contributed by atoms with van der Waals surface area (Å²) in [7, 11) is 2.04. The minimum Gasteiger partial charge on any atom is -0.338 e. The Labute approximate surface area is 119 Å². The van der Waals surface area contributed by atoms with Crippen molar-refractivity contribution in [2.24, 2.45) is 13.0 Å². The summed E-state index contributed by atoms with van der Waals surface area (Å²) < 4.78 is 2.08. The van der Waals surface area contributed by atoms with E-state index in [-0.39, 0.29) is 0 Å². The zero-order valence-electron chi connectivity index (χ0n) is 12.0. The molecule has 3 fully saturated rings. The van der Waals surface area contributed by atoms with Crippen LogP contribution in [0.25, 0.3) is 0 Å². The Morgan fingerprint density at radius 1 is 1.30 bits per heavy atom. The van der Waals surface area contributed by atoms with Gasteiger partial charge in [-0.2, -0.15) is 0 Å². The highest BCUT2D eigenvalue weighted by Gasteiger charge is 2.47. The van der Waals surface area contributed by atoms with Crippen molar-refractivity contribution >= 4 is 5.91 Å². The van der Waals surface area contributed by atoms with Gasteiger partial charge < -0.3 is 9.47 Å². The van der Waals surface area contributed by atoms with Crippen LogP contribution in [-0.4, -0.2) is 50.4 Å². The molecule has 0 aromatic carbocycles. The van der Waals surface area contributed by atoms with Crippen molar-refractivity contribution in [2.75, 3.05) is 13.1 Å². The number of carbonyl (C=O) groups is 1. The van der Waals surface area contributed by atoms with Gasteiger partial charge in [0.25, 0.3) is 0 Å². The first-order valence-electron chi connectivity index (χ1n) is 7.72. The molecular formula is C15H22N4O. The van der Waals surface area contributed by atoms with Crippen LogP contribution in [0.3, 0.4) is 0 Å². The van der Waals surface area contributed by atoms with Crippen LogP contribution < -0.4 is 0 Å². The Hall–Kier alpha value is -1.36. The minimum atomic E-state index is 0.372. The van der Waals surface area contributed by atoms with Crippen LogP contribution in [-0.2, 0) is 18.4 Å². The van der Waals surface area contributed by atoms with E-state index in [0.29, 0.717) is 24.4 Å². The number of fused-ring (bicyclic) bond motifs is 1. The van der Waals surface area contributed by atoms with Crippen LogP contribution in [0.5, 0.6) is 0 Å².